The van der Waals surface area contributed by atoms with E-state index in [2.05, 4.69) is 33.2 Å². The fraction of sp³-hybridized carbons (Fsp3) is 0.455. The van der Waals surface area contributed by atoms with Crippen LogP contribution in [-0.2, 0) is 4.74 Å². The lowest BCUT2D eigenvalue weighted by Gasteiger charge is -2.14. The van der Waals surface area contributed by atoms with E-state index < -0.39 is 0 Å². The molecule has 0 spiro atoms. The van der Waals surface area contributed by atoms with Gasteiger partial charge in [-0.1, -0.05) is 6.92 Å². The number of nitrogens with zero attached hydrogens (tertiary/aromatic N) is 1. The lowest BCUT2D eigenvalue weighted by atomic mass is 10.2. The van der Waals surface area contributed by atoms with Crippen molar-refractivity contribution in [2.45, 2.75) is 26.3 Å². The number of esters is 1. The first-order valence-corrected chi connectivity index (χ1v) is 5.88. The Morgan fingerprint density at radius 1 is 1.69 bits per heavy atom. The zero-order chi connectivity index (χ0) is 12.1. The molecule has 4 nitrogen and oxygen atoms in total. The number of methoxy groups -OCH3 is 1. The number of rotatable bonds is 4. The van der Waals surface area contributed by atoms with E-state index in [-0.39, 0.29) is 12.0 Å². The molecular formula is C11H15BrN2O2. The second kappa shape index (κ2) is 5.84. The Bertz CT molecular complexity index is 382. The fourth-order valence-electron chi connectivity index (χ4n) is 1.16. The summed E-state index contributed by atoms with van der Waals surface area (Å²) in [6.45, 7) is 4.10. The van der Waals surface area contributed by atoms with Gasteiger partial charge in [-0.2, -0.15) is 0 Å². The second-order valence-corrected chi connectivity index (χ2v) is 4.41. The zero-order valence-electron chi connectivity index (χ0n) is 9.58. The lowest BCUT2D eigenvalue weighted by Crippen LogP contribution is -2.18. The molecule has 0 aromatic carbocycles. The molecule has 16 heavy (non-hydrogen) atoms. The summed E-state index contributed by atoms with van der Waals surface area (Å²) in [5.41, 5.74) is 0.442. The molecule has 1 N–H and O–H groups in total. The predicted molar refractivity (Wildman–Crippen MR) is 66.7 cm³/mol. The normalized spacial score (nSPS) is 12.0. The van der Waals surface area contributed by atoms with Crippen LogP contribution in [0.2, 0.25) is 0 Å². The average Bonchev–Trinajstić information content (AvgIpc) is 2.30. The van der Waals surface area contributed by atoms with E-state index in [0.29, 0.717) is 11.4 Å². The van der Waals surface area contributed by atoms with Crippen molar-refractivity contribution in [3.63, 3.8) is 0 Å². The first-order valence-electron chi connectivity index (χ1n) is 5.08. The van der Waals surface area contributed by atoms with Crippen molar-refractivity contribution >= 4 is 27.7 Å². The third-order valence-electron chi connectivity index (χ3n) is 2.26. The number of anilines is 1. The molecule has 1 heterocycles. The number of pyridine rings is 1. The number of halogens is 1. The Kier molecular flexibility index (Phi) is 4.73. The quantitative estimate of drug-likeness (QED) is 0.865. The van der Waals surface area contributed by atoms with Gasteiger partial charge in [0.25, 0.3) is 0 Å². The van der Waals surface area contributed by atoms with Crippen LogP contribution in [0.1, 0.15) is 30.6 Å². The van der Waals surface area contributed by atoms with Gasteiger partial charge in [0, 0.05) is 16.7 Å². The molecule has 1 rings (SSSR count). The van der Waals surface area contributed by atoms with E-state index in [9.17, 15) is 4.79 Å². The van der Waals surface area contributed by atoms with Crippen LogP contribution in [-0.4, -0.2) is 24.1 Å². The molecule has 0 saturated heterocycles. The van der Waals surface area contributed by atoms with E-state index in [0.717, 1.165) is 10.9 Å². The Balaban J connectivity index is 3.02. The minimum absolute atomic E-state index is 0.261. The Labute approximate surface area is 104 Å². The summed E-state index contributed by atoms with van der Waals surface area (Å²) in [6.07, 6.45) is 2.61. The van der Waals surface area contributed by atoms with Crippen LogP contribution >= 0.6 is 15.9 Å². The summed E-state index contributed by atoms with van der Waals surface area (Å²) in [4.78, 5) is 15.7. The maximum Gasteiger partial charge on any atom is 0.341 e. The molecule has 0 bridgehead atoms. The standard InChI is InChI=1S/C11H15BrN2O2/c1-4-7(2)14-10-9(11(15)16-3)5-8(12)6-13-10/h5-7H,4H2,1-3H3,(H,13,14). The highest BCUT2D eigenvalue weighted by Gasteiger charge is 2.14. The molecule has 0 aliphatic heterocycles. The first kappa shape index (κ1) is 13.0. The molecule has 0 amide bonds. The van der Waals surface area contributed by atoms with Gasteiger partial charge in [0.15, 0.2) is 0 Å². The summed E-state index contributed by atoms with van der Waals surface area (Å²) in [7, 11) is 1.36. The van der Waals surface area contributed by atoms with Gasteiger partial charge in [-0.25, -0.2) is 9.78 Å². The molecule has 0 aliphatic carbocycles. The van der Waals surface area contributed by atoms with Gasteiger partial charge in [0.2, 0.25) is 0 Å². The SMILES string of the molecule is CCC(C)Nc1ncc(Br)cc1C(=O)OC. The minimum Gasteiger partial charge on any atom is -0.465 e. The number of hydrogen-bond donors (Lipinski definition) is 1. The van der Waals surface area contributed by atoms with Crippen molar-refractivity contribution in [2.75, 3.05) is 12.4 Å². The molecular weight excluding hydrogens is 272 g/mol. The first-order chi connectivity index (χ1) is 7.58. The molecule has 1 aromatic rings. The van der Waals surface area contributed by atoms with Gasteiger partial charge in [-0.05, 0) is 35.3 Å². The van der Waals surface area contributed by atoms with E-state index >= 15 is 0 Å². The fourth-order valence-corrected chi connectivity index (χ4v) is 1.49. The number of aromatic nitrogens is 1. The van der Waals surface area contributed by atoms with Gasteiger partial charge in [0.05, 0.1) is 7.11 Å². The van der Waals surface area contributed by atoms with Crippen molar-refractivity contribution in [3.05, 3.63) is 22.3 Å². The van der Waals surface area contributed by atoms with Crippen LogP contribution in [0.4, 0.5) is 5.82 Å². The Hall–Kier alpha value is -1.10. The summed E-state index contributed by atoms with van der Waals surface area (Å²) in [6, 6.07) is 1.96. The lowest BCUT2D eigenvalue weighted by molar-refractivity contribution is 0.0601. The summed E-state index contributed by atoms with van der Waals surface area (Å²) in [5.74, 6) is 0.170. The van der Waals surface area contributed by atoms with Crippen molar-refractivity contribution < 1.29 is 9.53 Å². The summed E-state index contributed by atoms with van der Waals surface area (Å²) in [5, 5.41) is 3.17. The third kappa shape index (κ3) is 3.20. The highest BCUT2D eigenvalue weighted by molar-refractivity contribution is 9.10. The predicted octanol–water partition coefficient (Wildman–Crippen LogP) is 2.84. The van der Waals surface area contributed by atoms with Crippen molar-refractivity contribution in [2.24, 2.45) is 0 Å². The molecule has 1 aromatic heterocycles. The van der Waals surface area contributed by atoms with Crippen LogP contribution in [0, 0.1) is 0 Å². The number of nitrogens with one attached hydrogen (secondary N) is 1. The van der Waals surface area contributed by atoms with Crippen LogP contribution in [0.25, 0.3) is 0 Å². The van der Waals surface area contributed by atoms with Crippen molar-refractivity contribution in [1.82, 2.24) is 4.98 Å². The number of hydrogen-bond acceptors (Lipinski definition) is 4. The maximum atomic E-state index is 11.5. The van der Waals surface area contributed by atoms with Gasteiger partial charge in [0.1, 0.15) is 11.4 Å². The van der Waals surface area contributed by atoms with Gasteiger partial charge >= 0.3 is 5.97 Å². The van der Waals surface area contributed by atoms with Gasteiger partial charge in [-0.3, -0.25) is 0 Å². The van der Waals surface area contributed by atoms with E-state index in [1.807, 2.05) is 6.92 Å². The number of carbonyl (C=O) groups excluding carboxylic acids is 1. The molecule has 88 valence electrons. The highest BCUT2D eigenvalue weighted by atomic mass is 79.9. The van der Waals surface area contributed by atoms with Gasteiger partial charge in [-0.15, -0.1) is 0 Å². The van der Waals surface area contributed by atoms with Gasteiger partial charge < -0.3 is 10.1 Å². The third-order valence-corrected chi connectivity index (χ3v) is 2.69. The smallest absolute Gasteiger partial charge is 0.341 e. The highest BCUT2D eigenvalue weighted by Crippen LogP contribution is 2.19. The van der Waals surface area contributed by atoms with E-state index in [4.69, 9.17) is 4.74 Å². The monoisotopic (exact) mass is 286 g/mol. The van der Waals surface area contributed by atoms with Crippen LogP contribution in [0.5, 0.6) is 0 Å². The molecule has 0 aliphatic rings. The largest absolute Gasteiger partial charge is 0.465 e. The number of carbonyl (C=O) groups is 1. The molecule has 0 fully saturated rings. The zero-order valence-corrected chi connectivity index (χ0v) is 11.2. The average molecular weight is 287 g/mol. The van der Waals surface area contributed by atoms with Crippen molar-refractivity contribution in [1.29, 1.82) is 0 Å². The molecule has 0 radical (unpaired) electrons. The molecule has 1 atom stereocenters. The van der Waals surface area contributed by atoms with E-state index in [1.165, 1.54) is 7.11 Å². The second-order valence-electron chi connectivity index (χ2n) is 3.49. The topological polar surface area (TPSA) is 51.2 Å². The molecule has 0 saturated carbocycles. The Morgan fingerprint density at radius 3 is 2.94 bits per heavy atom. The number of ether oxygens (including phenoxy) is 1. The summed E-state index contributed by atoms with van der Waals surface area (Å²) >= 11 is 3.28. The Morgan fingerprint density at radius 2 is 2.38 bits per heavy atom. The van der Waals surface area contributed by atoms with Crippen molar-refractivity contribution in [3.8, 4) is 0 Å². The summed E-state index contributed by atoms with van der Waals surface area (Å²) < 4.78 is 5.46. The molecule has 5 heteroatoms. The van der Waals surface area contributed by atoms with Crippen LogP contribution in [0.15, 0.2) is 16.7 Å². The van der Waals surface area contributed by atoms with Crippen LogP contribution in [0.3, 0.4) is 0 Å². The van der Waals surface area contributed by atoms with Crippen LogP contribution < -0.4 is 5.32 Å². The minimum atomic E-state index is -0.389. The molecule has 1 unspecified atom stereocenters. The van der Waals surface area contributed by atoms with E-state index in [1.54, 1.807) is 12.3 Å². The maximum absolute atomic E-state index is 11.5.